The fourth-order valence-corrected chi connectivity index (χ4v) is 3.97. The molecule has 50 heavy (non-hydrogen) atoms. The highest BCUT2D eigenvalue weighted by Gasteiger charge is 2.46. The lowest BCUT2D eigenvalue weighted by Crippen LogP contribution is -2.25. The van der Waals surface area contributed by atoms with Gasteiger partial charge in [0.2, 0.25) is 0 Å². The Morgan fingerprint density at radius 1 is 0.720 bits per heavy atom. The Kier molecular flexibility index (Phi) is 16.4. The number of amides is 2. The number of nitrogen functional groups attached to an aromatic ring is 1. The molecule has 4 rings (SSSR count). The molecule has 0 unspecified atom stereocenters. The van der Waals surface area contributed by atoms with E-state index < -0.39 is 40.2 Å². The Bertz CT molecular complexity index is 1770. The van der Waals surface area contributed by atoms with E-state index in [0.29, 0.717) is 23.6 Å². The zero-order valence-corrected chi connectivity index (χ0v) is 27.6. The fraction of sp³-hybridized carbons (Fsp3) is 0.212. The van der Waals surface area contributed by atoms with Crippen molar-refractivity contribution < 1.29 is 53.6 Å². The second-order valence-corrected chi connectivity index (χ2v) is 11.2. The number of halogens is 5. The van der Waals surface area contributed by atoms with Crippen LogP contribution in [-0.2, 0) is 37.0 Å². The Labute approximate surface area is 285 Å². The van der Waals surface area contributed by atoms with Crippen LogP contribution in [0.25, 0.3) is 0 Å². The molecule has 0 fully saturated rings. The molecule has 0 aliphatic heterocycles. The van der Waals surface area contributed by atoms with Gasteiger partial charge in [0.05, 0.1) is 18.0 Å². The minimum Gasteiger partial charge on any atom is -0.444 e. The zero-order chi connectivity index (χ0) is 37.2. The zero-order valence-electron chi connectivity index (χ0n) is 26.8. The maximum atomic E-state index is 13.5. The predicted octanol–water partition coefficient (Wildman–Crippen LogP) is 8.04. The van der Waals surface area contributed by atoms with Gasteiger partial charge in [-0.15, -0.1) is 0 Å². The molecule has 5 N–H and O–H groups in total. The molecule has 0 radical (unpaired) electrons. The van der Waals surface area contributed by atoms with Crippen LogP contribution in [0.15, 0.2) is 97.1 Å². The Balaban J connectivity index is 0.000000277. The molecule has 0 saturated carbocycles. The van der Waals surface area contributed by atoms with Gasteiger partial charge < -0.3 is 20.5 Å². The number of anilines is 4. The molecule has 0 spiro atoms. The molecule has 0 aliphatic rings. The van der Waals surface area contributed by atoms with Crippen LogP contribution in [0.5, 0.6) is 0 Å². The lowest BCUT2D eigenvalue weighted by molar-refractivity contribution is -0.0539. The molecule has 4 aromatic rings. The van der Waals surface area contributed by atoms with E-state index in [9.17, 15) is 40.0 Å². The number of nitrogens with one attached hydrogen (secondary N) is 3. The number of ether oxygens (including phenoxy) is 2. The Morgan fingerprint density at radius 2 is 1.18 bits per heavy atom. The topological polar surface area (TPSA) is 158 Å². The van der Waals surface area contributed by atoms with Crippen molar-refractivity contribution in [3.8, 4) is 0 Å². The molecule has 0 aliphatic carbocycles. The van der Waals surface area contributed by atoms with Gasteiger partial charge in [0.25, 0.3) is 0 Å². The van der Waals surface area contributed by atoms with Gasteiger partial charge in [-0.05, 0) is 61.4 Å². The first-order chi connectivity index (χ1) is 23.6. The van der Waals surface area contributed by atoms with E-state index in [-0.39, 0.29) is 24.7 Å². The first-order valence-corrected chi connectivity index (χ1v) is 16.1. The SMILES string of the molecule is CCNc1cc(NC(=O)OCc2ccccc2)ccc1F.CCOS(=O)(=O)C(F)(F)F.Nc1cc(NC(=O)OCc2ccccc2)ccc1F. The van der Waals surface area contributed by atoms with Crippen molar-refractivity contribution in [3.05, 3.63) is 120 Å². The first-order valence-electron chi connectivity index (χ1n) is 14.6. The molecule has 17 heteroatoms. The van der Waals surface area contributed by atoms with Gasteiger partial charge in [-0.25, -0.2) is 18.4 Å². The Hall–Kier alpha value is -5.42. The van der Waals surface area contributed by atoms with Gasteiger partial charge in [0, 0.05) is 17.9 Å². The van der Waals surface area contributed by atoms with Crippen LogP contribution < -0.4 is 21.7 Å². The molecule has 0 bridgehead atoms. The summed E-state index contributed by atoms with van der Waals surface area (Å²) in [5.74, 6) is -0.886. The highest BCUT2D eigenvalue weighted by Crippen LogP contribution is 2.24. The molecular weight excluding hydrogens is 691 g/mol. The number of carbonyl (C=O) groups is 2. The van der Waals surface area contributed by atoms with Crippen LogP contribution in [0.1, 0.15) is 25.0 Å². The highest BCUT2D eigenvalue weighted by molar-refractivity contribution is 7.87. The lowest BCUT2D eigenvalue weighted by atomic mass is 10.2. The van der Waals surface area contributed by atoms with Gasteiger partial charge in [-0.2, -0.15) is 21.6 Å². The molecule has 2 amide bonds. The summed E-state index contributed by atoms with van der Waals surface area (Å²) < 4.78 is 93.7. The van der Waals surface area contributed by atoms with E-state index in [4.69, 9.17) is 15.2 Å². The summed E-state index contributed by atoms with van der Waals surface area (Å²) in [7, 11) is -5.35. The molecule has 4 aromatic carbocycles. The molecule has 270 valence electrons. The van der Waals surface area contributed by atoms with Crippen molar-refractivity contribution in [3.63, 3.8) is 0 Å². The fourth-order valence-electron chi connectivity index (χ4n) is 3.53. The summed E-state index contributed by atoms with van der Waals surface area (Å²) in [6.07, 6.45) is -1.19. The van der Waals surface area contributed by atoms with E-state index >= 15 is 0 Å². The van der Waals surface area contributed by atoms with Crippen molar-refractivity contribution in [2.24, 2.45) is 0 Å². The highest BCUT2D eigenvalue weighted by atomic mass is 32.2. The molecular formula is C33H35F5N4O7S. The summed E-state index contributed by atoms with van der Waals surface area (Å²) in [4.78, 5) is 23.2. The van der Waals surface area contributed by atoms with Crippen LogP contribution in [-0.4, -0.2) is 39.3 Å². The number of hydrogen-bond acceptors (Lipinski definition) is 9. The molecule has 0 aromatic heterocycles. The second-order valence-electron chi connectivity index (χ2n) is 9.64. The average molecular weight is 727 g/mol. The summed E-state index contributed by atoms with van der Waals surface area (Å²) in [5.41, 5.74) is 3.06. The second kappa shape index (κ2) is 20.2. The number of alkyl halides is 3. The predicted molar refractivity (Wildman–Crippen MR) is 178 cm³/mol. The number of hydrogen-bond donors (Lipinski definition) is 4. The minimum atomic E-state index is -5.35. The monoisotopic (exact) mass is 726 g/mol. The van der Waals surface area contributed by atoms with Crippen molar-refractivity contribution in [1.29, 1.82) is 0 Å². The van der Waals surface area contributed by atoms with Gasteiger partial charge in [0.1, 0.15) is 24.8 Å². The molecule has 0 atom stereocenters. The van der Waals surface area contributed by atoms with E-state index in [1.807, 2.05) is 67.6 Å². The molecule has 0 heterocycles. The number of benzene rings is 4. The number of carbonyl (C=O) groups excluding carboxylic acids is 2. The van der Waals surface area contributed by atoms with Gasteiger partial charge in [-0.1, -0.05) is 60.7 Å². The van der Waals surface area contributed by atoms with Crippen LogP contribution in [0.4, 0.5) is 54.3 Å². The van der Waals surface area contributed by atoms with Gasteiger partial charge in [0.15, 0.2) is 0 Å². The molecule has 0 saturated heterocycles. The standard InChI is InChI=1S/C16H17FN2O2.C14H13FN2O2.C3H5F3O3S/c1-2-18-15-10-13(8-9-14(15)17)19-16(20)21-11-12-6-4-3-5-7-12;15-12-7-6-11(8-13(12)16)17-14(18)19-9-10-4-2-1-3-5-10;1-2-9-10(7,8)3(4,5)6/h3-10,18H,2,11H2,1H3,(H,19,20);1-8H,9,16H2,(H,17,18);2H2,1H3. The summed E-state index contributed by atoms with van der Waals surface area (Å²) >= 11 is 0. The normalized spacial score (nSPS) is 10.7. The smallest absolute Gasteiger partial charge is 0.444 e. The van der Waals surface area contributed by atoms with Gasteiger partial charge >= 0.3 is 27.8 Å². The van der Waals surface area contributed by atoms with E-state index in [0.717, 1.165) is 18.1 Å². The third-order valence-corrected chi connectivity index (χ3v) is 6.92. The van der Waals surface area contributed by atoms with Crippen molar-refractivity contribution in [2.75, 3.05) is 34.8 Å². The third kappa shape index (κ3) is 14.8. The summed E-state index contributed by atoms with van der Waals surface area (Å²) in [6.45, 7) is 3.47. The summed E-state index contributed by atoms with van der Waals surface area (Å²) in [5, 5.41) is 7.92. The lowest BCUT2D eigenvalue weighted by Gasteiger charge is -2.10. The van der Waals surface area contributed by atoms with Crippen LogP contribution in [0.3, 0.4) is 0 Å². The van der Waals surface area contributed by atoms with Crippen LogP contribution in [0.2, 0.25) is 0 Å². The summed E-state index contributed by atoms with van der Waals surface area (Å²) in [6, 6.07) is 26.9. The van der Waals surface area contributed by atoms with E-state index in [1.165, 1.54) is 36.4 Å². The van der Waals surface area contributed by atoms with Gasteiger partial charge in [-0.3, -0.25) is 14.8 Å². The average Bonchev–Trinajstić information content (AvgIpc) is 3.07. The molecule has 11 nitrogen and oxygen atoms in total. The van der Waals surface area contributed by atoms with E-state index in [1.54, 1.807) is 0 Å². The largest absolute Gasteiger partial charge is 0.523 e. The first kappa shape index (κ1) is 40.8. The van der Waals surface area contributed by atoms with Crippen LogP contribution in [0, 0.1) is 11.6 Å². The van der Waals surface area contributed by atoms with Crippen LogP contribution >= 0.6 is 0 Å². The maximum absolute atomic E-state index is 13.5. The van der Waals surface area contributed by atoms with Crippen molar-refractivity contribution in [1.82, 2.24) is 0 Å². The Morgan fingerprint density at radius 3 is 1.58 bits per heavy atom. The number of rotatable bonds is 10. The van der Waals surface area contributed by atoms with Crippen molar-refractivity contribution in [2.45, 2.75) is 32.6 Å². The van der Waals surface area contributed by atoms with E-state index in [2.05, 4.69) is 20.1 Å². The maximum Gasteiger partial charge on any atom is 0.523 e. The van der Waals surface area contributed by atoms with Crippen molar-refractivity contribution >= 4 is 45.1 Å². The number of nitrogens with two attached hydrogens (primary N) is 1. The third-order valence-electron chi connectivity index (χ3n) is 5.80. The quantitative estimate of drug-likeness (QED) is 0.0550. The minimum absolute atomic E-state index is 0.0270.